The van der Waals surface area contributed by atoms with Gasteiger partial charge >= 0.3 is 0 Å². The molecule has 1 aliphatic carbocycles. The van der Waals surface area contributed by atoms with E-state index in [1.807, 2.05) is 61.0 Å². The lowest BCUT2D eigenvalue weighted by molar-refractivity contribution is -0.121. The van der Waals surface area contributed by atoms with Crippen LogP contribution >= 0.6 is 0 Å². The molecule has 222 valence electrons. The molecule has 10 heteroatoms. The van der Waals surface area contributed by atoms with Crippen LogP contribution in [-0.2, 0) is 20.8 Å². The van der Waals surface area contributed by atoms with Gasteiger partial charge in [0.15, 0.2) is 0 Å². The normalized spacial score (nSPS) is 14.0. The van der Waals surface area contributed by atoms with Crippen molar-refractivity contribution < 1.29 is 19.1 Å². The van der Waals surface area contributed by atoms with Crippen molar-refractivity contribution in [3.8, 4) is 11.3 Å². The summed E-state index contributed by atoms with van der Waals surface area (Å²) in [5.41, 5.74) is 5.39. The number of hydrogen-bond donors (Lipinski definition) is 1. The van der Waals surface area contributed by atoms with Crippen LogP contribution in [0, 0.1) is 19.8 Å². The van der Waals surface area contributed by atoms with Crippen LogP contribution in [0.5, 0.6) is 0 Å². The van der Waals surface area contributed by atoms with Crippen LogP contribution in [0.4, 0.5) is 5.69 Å². The van der Waals surface area contributed by atoms with Crippen molar-refractivity contribution in [2.45, 2.75) is 65.3 Å². The van der Waals surface area contributed by atoms with Crippen LogP contribution in [0.15, 0.2) is 48.8 Å². The van der Waals surface area contributed by atoms with Crippen LogP contribution in [-0.4, -0.2) is 62.5 Å². The Morgan fingerprint density at radius 3 is 2.52 bits per heavy atom. The fourth-order valence-electron chi connectivity index (χ4n) is 5.52. The number of aromatic nitrogens is 5. The van der Waals surface area contributed by atoms with Crippen molar-refractivity contribution in [3.63, 3.8) is 0 Å². The molecule has 0 spiro atoms. The summed E-state index contributed by atoms with van der Waals surface area (Å²) in [6.07, 6.45) is 11.2. The zero-order chi connectivity index (χ0) is 29.3. The van der Waals surface area contributed by atoms with E-state index in [0.717, 1.165) is 22.6 Å². The Labute approximate surface area is 246 Å². The standard InChI is InChI=1S/C32H40N6O4/c1-23-20-24(2)38-14-12-29(31(38)33-23)32(40)34-27-10-8-26(9-11-27)30-22-37(36-35-30)15-17-42-19-18-41-16-13-28(39)21-25-6-4-3-5-7-25/h8-12,14,20,22,25H,3-7,13,15-19,21H2,1-2H3,(H,34,40). The minimum Gasteiger partial charge on any atom is -0.379 e. The molecular formula is C32H40N6O4. The number of nitrogens with one attached hydrogen (secondary N) is 1. The van der Waals surface area contributed by atoms with E-state index in [9.17, 15) is 9.59 Å². The maximum absolute atomic E-state index is 12.9. The van der Waals surface area contributed by atoms with Crippen molar-refractivity contribution in [2.75, 3.05) is 31.7 Å². The Morgan fingerprint density at radius 2 is 1.74 bits per heavy atom. The van der Waals surface area contributed by atoms with Crippen molar-refractivity contribution in [3.05, 3.63) is 65.7 Å². The molecular weight excluding hydrogens is 532 g/mol. The summed E-state index contributed by atoms with van der Waals surface area (Å²) in [7, 11) is 0. The fraction of sp³-hybridized carbons (Fsp3) is 0.469. The molecule has 1 aromatic carbocycles. The van der Waals surface area contributed by atoms with Gasteiger partial charge in [-0.15, -0.1) is 5.10 Å². The number of ketones is 1. The van der Waals surface area contributed by atoms with E-state index in [1.54, 1.807) is 10.7 Å². The number of carbonyl (C=O) groups excluding carboxylic acids is 2. The van der Waals surface area contributed by atoms with Crippen molar-refractivity contribution in [1.29, 1.82) is 0 Å². The van der Waals surface area contributed by atoms with E-state index in [0.29, 0.717) is 74.4 Å². The van der Waals surface area contributed by atoms with Gasteiger partial charge in [-0.25, -0.2) is 9.67 Å². The second-order valence-corrected chi connectivity index (χ2v) is 11.1. The lowest BCUT2D eigenvalue weighted by atomic mass is 9.85. The maximum atomic E-state index is 12.9. The number of carbonyl (C=O) groups is 2. The van der Waals surface area contributed by atoms with Crippen molar-refractivity contribution in [2.24, 2.45) is 5.92 Å². The van der Waals surface area contributed by atoms with E-state index in [-0.39, 0.29) is 5.91 Å². The van der Waals surface area contributed by atoms with Gasteiger partial charge in [-0.1, -0.05) is 49.5 Å². The molecule has 1 aliphatic rings. The molecule has 3 heterocycles. The first-order chi connectivity index (χ1) is 20.5. The van der Waals surface area contributed by atoms with Gasteiger partial charge in [0.2, 0.25) is 0 Å². The summed E-state index contributed by atoms with van der Waals surface area (Å²) in [5, 5.41) is 11.4. The summed E-state index contributed by atoms with van der Waals surface area (Å²) in [6.45, 7) is 6.37. The van der Waals surface area contributed by atoms with E-state index in [4.69, 9.17) is 9.47 Å². The molecule has 42 heavy (non-hydrogen) atoms. The number of Topliss-reactive ketones (excluding diaryl/α,β-unsaturated/α-hetero) is 1. The average molecular weight is 573 g/mol. The molecule has 1 amide bonds. The smallest absolute Gasteiger partial charge is 0.259 e. The van der Waals surface area contributed by atoms with E-state index >= 15 is 0 Å². The van der Waals surface area contributed by atoms with Crippen molar-refractivity contribution in [1.82, 2.24) is 24.4 Å². The summed E-state index contributed by atoms with van der Waals surface area (Å²) < 4.78 is 14.9. The van der Waals surface area contributed by atoms with Gasteiger partial charge in [0.1, 0.15) is 17.1 Å². The number of hydrogen-bond acceptors (Lipinski definition) is 7. The molecule has 0 bridgehead atoms. The number of fused-ring (bicyclic) bond motifs is 1. The van der Waals surface area contributed by atoms with Gasteiger partial charge in [0, 0.05) is 41.7 Å². The number of anilines is 1. The van der Waals surface area contributed by atoms with E-state index in [2.05, 4.69) is 20.6 Å². The third-order valence-electron chi connectivity index (χ3n) is 7.76. The van der Waals surface area contributed by atoms with Crippen LogP contribution in [0.25, 0.3) is 16.9 Å². The zero-order valence-corrected chi connectivity index (χ0v) is 24.6. The Bertz CT molecular complexity index is 1490. The summed E-state index contributed by atoms with van der Waals surface area (Å²) in [5.74, 6) is 0.697. The monoisotopic (exact) mass is 572 g/mol. The van der Waals surface area contributed by atoms with Gasteiger partial charge in [-0.05, 0) is 44.0 Å². The molecule has 0 aliphatic heterocycles. The molecule has 0 unspecified atom stereocenters. The Morgan fingerprint density at radius 1 is 0.976 bits per heavy atom. The Balaban J connectivity index is 1.000. The topological polar surface area (TPSA) is 113 Å². The Kier molecular flexibility index (Phi) is 10.1. The summed E-state index contributed by atoms with van der Waals surface area (Å²) in [6, 6.07) is 11.3. The second kappa shape index (κ2) is 14.3. The van der Waals surface area contributed by atoms with Crippen molar-refractivity contribution >= 4 is 23.0 Å². The second-order valence-electron chi connectivity index (χ2n) is 11.1. The molecule has 0 radical (unpaired) electrons. The van der Waals surface area contributed by atoms with Gasteiger partial charge in [0.25, 0.3) is 5.91 Å². The fourth-order valence-corrected chi connectivity index (χ4v) is 5.52. The first-order valence-corrected chi connectivity index (χ1v) is 14.9. The quantitative estimate of drug-likeness (QED) is 0.201. The lowest BCUT2D eigenvalue weighted by Crippen LogP contribution is -2.15. The Hall–Kier alpha value is -3.89. The molecule has 4 aromatic rings. The highest BCUT2D eigenvalue weighted by Crippen LogP contribution is 2.26. The van der Waals surface area contributed by atoms with Gasteiger partial charge in [0.05, 0.1) is 44.7 Å². The average Bonchev–Trinajstić information content (AvgIpc) is 3.63. The summed E-state index contributed by atoms with van der Waals surface area (Å²) >= 11 is 0. The number of nitrogens with zero attached hydrogens (tertiary/aromatic N) is 5. The zero-order valence-electron chi connectivity index (χ0n) is 24.6. The highest BCUT2D eigenvalue weighted by molar-refractivity contribution is 6.08. The lowest BCUT2D eigenvalue weighted by Gasteiger charge is -2.20. The number of ether oxygens (including phenoxy) is 2. The number of amides is 1. The molecule has 1 fully saturated rings. The highest BCUT2D eigenvalue weighted by Gasteiger charge is 2.17. The number of aryl methyl sites for hydroxylation is 2. The SMILES string of the molecule is Cc1cc(C)n2ccc(C(=O)Nc3ccc(-c4cn(CCOCCOCCC(=O)CC5CCCCC5)nn4)cc3)c2n1. The highest BCUT2D eigenvalue weighted by atomic mass is 16.5. The minimum atomic E-state index is -0.206. The van der Waals surface area contributed by atoms with Gasteiger partial charge < -0.3 is 19.2 Å². The van der Waals surface area contributed by atoms with Crippen LogP contribution in [0.1, 0.15) is 66.7 Å². The van der Waals surface area contributed by atoms with Gasteiger partial charge in [-0.2, -0.15) is 0 Å². The predicted octanol–water partition coefficient (Wildman–Crippen LogP) is 5.42. The third kappa shape index (κ3) is 7.89. The largest absolute Gasteiger partial charge is 0.379 e. The maximum Gasteiger partial charge on any atom is 0.259 e. The minimum absolute atomic E-state index is 0.206. The molecule has 3 aromatic heterocycles. The van der Waals surface area contributed by atoms with Crippen LogP contribution < -0.4 is 5.32 Å². The first kappa shape index (κ1) is 29.6. The molecule has 0 saturated heterocycles. The van der Waals surface area contributed by atoms with Gasteiger partial charge in [-0.3, -0.25) is 9.59 Å². The molecule has 10 nitrogen and oxygen atoms in total. The third-order valence-corrected chi connectivity index (χ3v) is 7.76. The molecule has 5 rings (SSSR count). The van der Waals surface area contributed by atoms with Crippen LogP contribution in [0.3, 0.4) is 0 Å². The number of rotatable bonds is 14. The van der Waals surface area contributed by atoms with E-state index < -0.39 is 0 Å². The molecule has 0 atom stereocenters. The number of benzene rings is 1. The van der Waals surface area contributed by atoms with Crippen LogP contribution in [0.2, 0.25) is 0 Å². The molecule has 1 N–H and O–H groups in total. The summed E-state index contributed by atoms with van der Waals surface area (Å²) in [4.78, 5) is 29.6. The first-order valence-electron chi connectivity index (χ1n) is 14.9. The predicted molar refractivity (Wildman–Crippen MR) is 161 cm³/mol. The molecule has 1 saturated carbocycles. The van der Waals surface area contributed by atoms with E-state index in [1.165, 1.54) is 32.1 Å².